The molecule has 1 aliphatic carbocycles. The van der Waals surface area contributed by atoms with E-state index in [1.165, 1.54) is 17.7 Å². The first-order chi connectivity index (χ1) is 11.1. The summed E-state index contributed by atoms with van der Waals surface area (Å²) in [5, 5.41) is 11.7. The van der Waals surface area contributed by atoms with Crippen LogP contribution in [-0.2, 0) is 9.59 Å². The van der Waals surface area contributed by atoms with Gasteiger partial charge in [0.2, 0.25) is 5.91 Å². The molecule has 0 spiro atoms. The number of benzene rings is 1. The van der Waals surface area contributed by atoms with Crippen LogP contribution in [0.1, 0.15) is 51.4 Å². The van der Waals surface area contributed by atoms with Gasteiger partial charge in [0.25, 0.3) is 0 Å². The molecule has 4 nitrogen and oxygen atoms in total. The Morgan fingerprint density at radius 3 is 2.39 bits per heavy atom. The van der Waals surface area contributed by atoms with Crippen LogP contribution in [0, 0.1) is 0 Å². The van der Waals surface area contributed by atoms with E-state index in [1.807, 2.05) is 30.0 Å². The average molecular weight is 335 g/mol. The lowest BCUT2D eigenvalue weighted by Crippen LogP contribution is -2.38. The van der Waals surface area contributed by atoms with E-state index in [1.54, 1.807) is 0 Å². The number of hydrogen-bond acceptors (Lipinski definition) is 3. The van der Waals surface area contributed by atoms with Crippen molar-refractivity contribution in [1.82, 2.24) is 5.32 Å². The SMILES string of the molecule is O=C(O)CCCCC(=O)NCC1(Sc2ccccc2)CCCC1. The number of carboxylic acids is 1. The molecule has 1 aromatic rings. The molecule has 1 aliphatic rings. The molecule has 0 atom stereocenters. The molecule has 0 aliphatic heterocycles. The van der Waals surface area contributed by atoms with E-state index < -0.39 is 5.97 Å². The van der Waals surface area contributed by atoms with Gasteiger partial charge in [0.1, 0.15) is 0 Å². The van der Waals surface area contributed by atoms with Crippen molar-refractivity contribution >= 4 is 23.6 Å². The van der Waals surface area contributed by atoms with Crippen LogP contribution in [0.15, 0.2) is 35.2 Å². The van der Waals surface area contributed by atoms with Gasteiger partial charge in [0, 0.05) is 29.0 Å². The normalized spacial score (nSPS) is 16.2. The second-order valence-electron chi connectivity index (χ2n) is 6.18. The third kappa shape index (κ3) is 6.26. The second-order valence-corrected chi connectivity index (χ2v) is 7.72. The Hall–Kier alpha value is -1.49. The van der Waals surface area contributed by atoms with Crippen LogP contribution < -0.4 is 5.32 Å². The predicted octanol–water partition coefficient (Wildman–Crippen LogP) is 3.85. The zero-order valence-electron chi connectivity index (χ0n) is 13.4. The Labute approximate surface area is 142 Å². The molecule has 2 N–H and O–H groups in total. The molecule has 2 rings (SSSR count). The standard InChI is InChI=1S/C18H25NO3S/c20-16(10-4-5-11-17(21)22)19-14-18(12-6-7-13-18)23-15-8-2-1-3-9-15/h1-3,8-9H,4-7,10-14H2,(H,19,20)(H,21,22). The minimum absolute atomic E-state index is 0.0373. The number of carbonyl (C=O) groups excluding carboxylic acids is 1. The van der Waals surface area contributed by atoms with E-state index >= 15 is 0 Å². The van der Waals surface area contributed by atoms with Crippen molar-refractivity contribution in [3.8, 4) is 0 Å². The van der Waals surface area contributed by atoms with Gasteiger partial charge in [0.15, 0.2) is 0 Å². The summed E-state index contributed by atoms with van der Waals surface area (Å²) in [4.78, 5) is 23.7. The summed E-state index contributed by atoms with van der Waals surface area (Å²) >= 11 is 1.88. The topological polar surface area (TPSA) is 66.4 Å². The molecule has 0 saturated heterocycles. The van der Waals surface area contributed by atoms with Crippen LogP contribution >= 0.6 is 11.8 Å². The Morgan fingerprint density at radius 2 is 1.74 bits per heavy atom. The summed E-state index contributed by atoms with van der Waals surface area (Å²) < 4.78 is 0.109. The van der Waals surface area contributed by atoms with Gasteiger partial charge in [-0.25, -0.2) is 0 Å². The predicted molar refractivity (Wildman–Crippen MR) is 92.6 cm³/mol. The zero-order chi connectivity index (χ0) is 16.5. The van der Waals surface area contributed by atoms with Crippen LogP contribution in [-0.4, -0.2) is 28.3 Å². The van der Waals surface area contributed by atoms with E-state index in [0.29, 0.717) is 25.8 Å². The van der Waals surface area contributed by atoms with Gasteiger partial charge < -0.3 is 10.4 Å². The second kappa shape index (κ2) is 8.96. The minimum Gasteiger partial charge on any atom is -0.481 e. The van der Waals surface area contributed by atoms with Crippen molar-refractivity contribution in [1.29, 1.82) is 0 Å². The molecule has 0 radical (unpaired) electrons. The fraction of sp³-hybridized carbons (Fsp3) is 0.556. The van der Waals surface area contributed by atoms with Crippen molar-refractivity contribution in [3.05, 3.63) is 30.3 Å². The van der Waals surface area contributed by atoms with Crippen molar-refractivity contribution in [2.75, 3.05) is 6.54 Å². The smallest absolute Gasteiger partial charge is 0.303 e. The van der Waals surface area contributed by atoms with E-state index in [0.717, 1.165) is 12.8 Å². The quantitative estimate of drug-likeness (QED) is 0.673. The van der Waals surface area contributed by atoms with Crippen molar-refractivity contribution < 1.29 is 14.7 Å². The third-order valence-electron chi connectivity index (χ3n) is 4.24. The molecule has 23 heavy (non-hydrogen) atoms. The number of rotatable bonds is 9. The van der Waals surface area contributed by atoms with E-state index in [2.05, 4.69) is 17.4 Å². The average Bonchev–Trinajstić information content (AvgIpc) is 2.99. The largest absolute Gasteiger partial charge is 0.481 e. The summed E-state index contributed by atoms with van der Waals surface area (Å²) in [6.07, 6.45) is 6.45. The van der Waals surface area contributed by atoms with Gasteiger partial charge in [0.05, 0.1) is 0 Å². The fourth-order valence-electron chi connectivity index (χ4n) is 2.98. The maximum absolute atomic E-state index is 12.0. The van der Waals surface area contributed by atoms with Gasteiger partial charge in [-0.2, -0.15) is 0 Å². The zero-order valence-corrected chi connectivity index (χ0v) is 14.2. The molecular weight excluding hydrogens is 310 g/mol. The number of hydrogen-bond donors (Lipinski definition) is 2. The summed E-state index contributed by atoms with van der Waals surface area (Å²) in [7, 11) is 0. The van der Waals surface area contributed by atoms with E-state index in [4.69, 9.17) is 5.11 Å². The fourth-order valence-corrected chi connectivity index (χ4v) is 4.41. The van der Waals surface area contributed by atoms with Gasteiger partial charge in [-0.3, -0.25) is 9.59 Å². The highest BCUT2D eigenvalue weighted by Gasteiger charge is 2.35. The van der Waals surface area contributed by atoms with Gasteiger partial charge in [-0.1, -0.05) is 31.0 Å². The molecule has 0 aromatic heterocycles. The maximum Gasteiger partial charge on any atom is 0.303 e. The van der Waals surface area contributed by atoms with Crippen LogP contribution in [0.25, 0.3) is 0 Å². The Balaban J connectivity index is 1.78. The number of thioether (sulfide) groups is 1. The molecular formula is C18H25NO3S. The molecule has 5 heteroatoms. The van der Waals surface area contributed by atoms with Gasteiger partial charge in [-0.05, 0) is 37.8 Å². The first-order valence-corrected chi connectivity index (χ1v) is 9.14. The molecule has 1 fully saturated rings. The minimum atomic E-state index is -0.797. The van der Waals surface area contributed by atoms with Crippen molar-refractivity contribution in [2.45, 2.75) is 61.0 Å². The first-order valence-electron chi connectivity index (χ1n) is 8.32. The molecule has 0 unspecified atom stereocenters. The van der Waals surface area contributed by atoms with Crippen molar-refractivity contribution in [2.24, 2.45) is 0 Å². The van der Waals surface area contributed by atoms with E-state index in [-0.39, 0.29) is 17.1 Å². The van der Waals surface area contributed by atoms with Crippen LogP contribution in [0.2, 0.25) is 0 Å². The molecule has 0 heterocycles. The Morgan fingerprint density at radius 1 is 1.09 bits per heavy atom. The highest BCUT2D eigenvalue weighted by atomic mass is 32.2. The number of carboxylic acid groups (broad SMARTS) is 1. The maximum atomic E-state index is 12.0. The van der Waals surface area contributed by atoms with Crippen molar-refractivity contribution in [3.63, 3.8) is 0 Å². The lowest BCUT2D eigenvalue weighted by atomic mass is 10.1. The van der Waals surface area contributed by atoms with Crippen LogP contribution in [0.3, 0.4) is 0 Å². The Kier molecular flexibility index (Phi) is 6.96. The molecule has 1 aromatic carbocycles. The van der Waals surface area contributed by atoms with Crippen LogP contribution in [0.5, 0.6) is 0 Å². The van der Waals surface area contributed by atoms with Gasteiger partial charge in [-0.15, -0.1) is 11.8 Å². The number of amides is 1. The Bertz CT molecular complexity index is 512. The highest BCUT2D eigenvalue weighted by Crippen LogP contribution is 2.44. The summed E-state index contributed by atoms with van der Waals surface area (Å²) in [5.74, 6) is -0.759. The number of aliphatic carboxylic acids is 1. The number of nitrogens with one attached hydrogen (secondary N) is 1. The molecule has 0 bridgehead atoms. The van der Waals surface area contributed by atoms with E-state index in [9.17, 15) is 9.59 Å². The number of carbonyl (C=O) groups is 2. The lowest BCUT2D eigenvalue weighted by Gasteiger charge is -2.28. The monoisotopic (exact) mass is 335 g/mol. The summed E-state index contributed by atoms with van der Waals surface area (Å²) in [6.45, 7) is 0.699. The third-order valence-corrected chi connectivity index (χ3v) is 5.74. The highest BCUT2D eigenvalue weighted by molar-refractivity contribution is 8.00. The summed E-state index contributed by atoms with van der Waals surface area (Å²) in [5.41, 5.74) is 0. The first kappa shape index (κ1) is 17.9. The number of unbranched alkanes of at least 4 members (excludes halogenated alkanes) is 1. The van der Waals surface area contributed by atoms with Crippen LogP contribution in [0.4, 0.5) is 0 Å². The molecule has 1 saturated carbocycles. The molecule has 1 amide bonds. The van der Waals surface area contributed by atoms with Gasteiger partial charge >= 0.3 is 5.97 Å². The summed E-state index contributed by atoms with van der Waals surface area (Å²) in [6, 6.07) is 10.4. The lowest BCUT2D eigenvalue weighted by molar-refractivity contribution is -0.137. The molecule has 126 valence electrons.